The van der Waals surface area contributed by atoms with Crippen molar-refractivity contribution in [2.45, 2.75) is 0 Å². The number of rotatable bonds is 0. The van der Waals surface area contributed by atoms with Crippen LogP contribution >= 0.6 is 0 Å². The van der Waals surface area contributed by atoms with E-state index in [-0.39, 0.29) is 0 Å². The largest absolute Gasteiger partial charge is 0.0610 e. The van der Waals surface area contributed by atoms with Gasteiger partial charge in [-0.15, -0.1) is 0 Å². The highest BCUT2D eigenvalue weighted by Crippen LogP contribution is 2.35. The first-order valence-electron chi connectivity index (χ1n) is 4.42. The van der Waals surface area contributed by atoms with Gasteiger partial charge in [-0.3, -0.25) is 0 Å². The molecular formula is C13H9. The van der Waals surface area contributed by atoms with Gasteiger partial charge in [-0.1, -0.05) is 42.5 Å². The molecule has 0 heterocycles. The van der Waals surface area contributed by atoms with Crippen molar-refractivity contribution in [1.82, 2.24) is 0 Å². The molecule has 0 aromatic heterocycles. The molecule has 0 spiro atoms. The van der Waals surface area contributed by atoms with E-state index in [4.69, 9.17) is 0 Å². The van der Waals surface area contributed by atoms with E-state index in [2.05, 4.69) is 49.4 Å². The van der Waals surface area contributed by atoms with Gasteiger partial charge in [-0.2, -0.15) is 0 Å². The topological polar surface area (TPSA) is 0 Å². The molecule has 2 aromatic rings. The maximum Gasteiger partial charge on any atom is -0.00360 e. The number of hydrogen-bond acceptors (Lipinski definition) is 0. The molecule has 13 heavy (non-hydrogen) atoms. The van der Waals surface area contributed by atoms with Gasteiger partial charge in [0.25, 0.3) is 0 Å². The molecule has 3 rings (SSSR count). The fraction of sp³-hybridized carbons (Fsp3) is 0. The molecule has 1 aliphatic carbocycles. The average Bonchev–Trinajstić information content (AvgIpc) is 2.47. The summed E-state index contributed by atoms with van der Waals surface area (Å²) in [5, 5.41) is 2.67. The number of hydrogen-bond donors (Lipinski definition) is 0. The Morgan fingerprint density at radius 1 is 0.923 bits per heavy atom. The van der Waals surface area contributed by atoms with Gasteiger partial charge in [0, 0.05) is 0 Å². The van der Waals surface area contributed by atoms with Crippen molar-refractivity contribution < 1.29 is 0 Å². The zero-order valence-corrected chi connectivity index (χ0v) is 7.25. The first-order valence-corrected chi connectivity index (χ1v) is 4.42. The van der Waals surface area contributed by atoms with E-state index in [1.54, 1.807) is 0 Å². The third-order valence-corrected chi connectivity index (χ3v) is 2.61. The molecule has 0 saturated heterocycles. The molecule has 0 N–H and O–H groups in total. The monoisotopic (exact) mass is 165 g/mol. The van der Waals surface area contributed by atoms with Gasteiger partial charge in [0.15, 0.2) is 0 Å². The summed E-state index contributed by atoms with van der Waals surface area (Å²) in [6.45, 7) is 4.04. The smallest absolute Gasteiger partial charge is 0.00360 e. The van der Waals surface area contributed by atoms with Gasteiger partial charge in [0.05, 0.1) is 0 Å². The van der Waals surface area contributed by atoms with Crippen molar-refractivity contribution in [1.29, 1.82) is 0 Å². The molecule has 0 unspecified atom stereocenters. The maximum atomic E-state index is 4.04. The molecule has 1 radical (unpaired) electrons. The lowest BCUT2D eigenvalue weighted by atomic mass is 10.0. The zero-order chi connectivity index (χ0) is 8.84. The van der Waals surface area contributed by atoms with E-state index >= 15 is 0 Å². The third-order valence-electron chi connectivity index (χ3n) is 2.61. The van der Waals surface area contributed by atoms with Gasteiger partial charge in [-0.05, 0) is 34.4 Å². The molecule has 2 aromatic carbocycles. The summed E-state index contributed by atoms with van der Waals surface area (Å²) in [6.07, 6.45) is 2.15. The summed E-state index contributed by atoms with van der Waals surface area (Å²) in [5.74, 6) is 0. The van der Waals surface area contributed by atoms with Crippen LogP contribution in [0.4, 0.5) is 0 Å². The van der Waals surface area contributed by atoms with Crippen LogP contribution in [0.25, 0.3) is 22.4 Å². The van der Waals surface area contributed by atoms with Crippen LogP contribution in [0, 0.1) is 6.92 Å². The SMILES string of the molecule is [CH2]C1=Cc2cccc3cccc1c23. The lowest BCUT2D eigenvalue weighted by molar-refractivity contribution is 1.71. The molecule has 0 bridgehead atoms. The quantitative estimate of drug-likeness (QED) is 0.560. The van der Waals surface area contributed by atoms with Crippen LogP contribution in [0.1, 0.15) is 11.1 Å². The second-order valence-corrected chi connectivity index (χ2v) is 3.42. The Hall–Kier alpha value is -1.56. The van der Waals surface area contributed by atoms with Gasteiger partial charge < -0.3 is 0 Å². The first-order chi connectivity index (χ1) is 6.36. The Morgan fingerprint density at radius 2 is 1.69 bits per heavy atom. The Kier molecular flexibility index (Phi) is 1.18. The van der Waals surface area contributed by atoms with Crippen LogP contribution in [0.5, 0.6) is 0 Å². The zero-order valence-electron chi connectivity index (χ0n) is 7.25. The van der Waals surface area contributed by atoms with E-state index in [0.29, 0.717) is 0 Å². The fourth-order valence-corrected chi connectivity index (χ4v) is 2.02. The lowest BCUT2D eigenvalue weighted by Crippen LogP contribution is -1.78. The van der Waals surface area contributed by atoms with E-state index in [1.807, 2.05) is 0 Å². The summed E-state index contributed by atoms with van der Waals surface area (Å²) in [5.41, 5.74) is 3.72. The molecule has 0 heteroatoms. The predicted octanol–water partition coefficient (Wildman–Crippen LogP) is 3.53. The summed E-state index contributed by atoms with van der Waals surface area (Å²) < 4.78 is 0. The van der Waals surface area contributed by atoms with Crippen molar-refractivity contribution in [3.8, 4) is 0 Å². The second kappa shape index (κ2) is 2.23. The molecule has 0 nitrogen and oxygen atoms in total. The van der Waals surface area contributed by atoms with E-state index in [9.17, 15) is 0 Å². The summed E-state index contributed by atoms with van der Waals surface area (Å²) >= 11 is 0. The molecule has 0 atom stereocenters. The summed E-state index contributed by atoms with van der Waals surface area (Å²) in [6, 6.07) is 12.8. The molecular weight excluding hydrogens is 156 g/mol. The normalized spacial score (nSPS) is 13.5. The van der Waals surface area contributed by atoms with Crippen molar-refractivity contribution in [2.75, 3.05) is 0 Å². The highest BCUT2D eigenvalue weighted by Gasteiger charge is 2.11. The maximum absolute atomic E-state index is 4.04. The van der Waals surface area contributed by atoms with Crippen LogP contribution < -0.4 is 0 Å². The molecule has 61 valence electrons. The first kappa shape index (κ1) is 6.90. The van der Waals surface area contributed by atoms with E-state index in [1.165, 1.54) is 21.9 Å². The second-order valence-electron chi connectivity index (χ2n) is 3.42. The number of benzene rings is 2. The Labute approximate surface area is 77.5 Å². The minimum atomic E-state index is 1.13. The van der Waals surface area contributed by atoms with Gasteiger partial charge in [-0.25, -0.2) is 0 Å². The highest BCUT2D eigenvalue weighted by molar-refractivity contribution is 6.09. The number of allylic oxidation sites excluding steroid dienone is 1. The van der Waals surface area contributed by atoms with Crippen molar-refractivity contribution >= 4 is 22.4 Å². The summed E-state index contributed by atoms with van der Waals surface area (Å²) in [4.78, 5) is 0. The highest BCUT2D eigenvalue weighted by atomic mass is 14.2. The summed E-state index contributed by atoms with van der Waals surface area (Å²) in [7, 11) is 0. The Bertz CT molecular complexity index is 513. The minimum Gasteiger partial charge on any atom is -0.0610 e. The molecule has 0 saturated carbocycles. The molecule has 0 aliphatic heterocycles. The lowest BCUT2D eigenvalue weighted by Gasteiger charge is -2.01. The van der Waals surface area contributed by atoms with Crippen LogP contribution in [-0.4, -0.2) is 0 Å². The van der Waals surface area contributed by atoms with Crippen LogP contribution in [0.2, 0.25) is 0 Å². The van der Waals surface area contributed by atoms with E-state index < -0.39 is 0 Å². The Balaban J connectivity index is 2.59. The third kappa shape index (κ3) is 0.803. The van der Waals surface area contributed by atoms with Crippen LogP contribution in [-0.2, 0) is 0 Å². The van der Waals surface area contributed by atoms with Crippen molar-refractivity contribution in [3.63, 3.8) is 0 Å². The Morgan fingerprint density at radius 3 is 2.54 bits per heavy atom. The van der Waals surface area contributed by atoms with Crippen molar-refractivity contribution in [3.05, 3.63) is 54.4 Å². The predicted molar refractivity (Wildman–Crippen MR) is 57.2 cm³/mol. The molecule has 0 fully saturated rings. The van der Waals surface area contributed by atoms with Crippen LogP contribution in [0.3, 0.4) is 0 Å². The van der Waals surface area contributed by atoms with Gasteiger partial charge >= 0.3 is 0 Å². The van der Waals surface area contributed by atoms with Gasteiger partial charge in [0.2, 0.25) is 0 Å². The minimum absolute atomic E-state index is 1.13. The van der Waals surface area contributed by atoms with E-state index in [0.717, 1.165) is 5.57 Å². The molecule has 1 aliphatic rings. The average molecular weight is 165 g/mol. The standard InChI is InChI=1S/C13H9/c1-9-8-11-6-2-4-10-5-3-7-12(9)13(10)11/h2-8H,1H2. The van der Waals surface area contributed by atoms with Crippen molar-refractivity contribution in [2.24, 2.45) is 0 Å². The van der Waals surface area contributed by atoms with Crippen LogP contribution in [0.15, 0.2) is 36.4 Å². The molecule has 0 amide bonds. The fourth-order valence-electron chi connectivity index (χ4n) is 2.02. The van der Waals surface area contributed by atoms with Gasteiger partial charge in [0.1, 0.15) is 0 Å².